The minimum Gasteiger partial charge on any atom is -0.357 e. The summed E-state index contributed by atoms with van der Waals surface area (Å²) in [7, 11) is 3.59. The Morgan fingerprint density at radius 2 is 1.86 bits per heavy atom. The van der Waals surface area contributed by atoms with Crippen LogP contribution < -0.4 is 5.32 Å². The Morgan fingerprint density at radius 1 is 1.24 bits per heavy atom. The van der Waals surface area contributed by atoms with E-state index in [0.29, 0.717) is 13.0 Å². The van der Waals surface area contributed by atoms with Crippen LogP contribution in [-0.2, 0) is 4.79 Å². The molecule has 120 valence electrons. The summed E-state index contributed by atoms with van der Waals surface area (Å²) in [6.07, 6.45) is 6.02. The van der Waals surface area contributed by atoms with E-state index in [1.165, 1.54) is 25.7 Å². The highest BCUT2D eigenvalue weighted by Crippen LogP contribution is 2.35. The predicted octanol–water partition coefficient (Wildman–Crippen LogP) is 1.55. The van der Waals surface area contributed by atoms with Crippen molar-refractivity contribution in [1.29, 1.82) is 0 Å². The molecule has 2 aliphatic rings. The SMILES string of the molecule is CCNC(=NCCC(=O)N(C)C)N1CC2CCCCC2C1. The van der Waals surface area contributed by atoms with Gasteiger partial charge in [-0.05, 0) is 31.6 Å². The summed E-state index contributed by atoms with van der Waals surface area (Å²) in [5.41, 5.74) is 0. The maximum atomic E-state index is 11.6. The molecule has 1 N–H and O–H groups in total. The molecule has 0 spiro atoms. The van der Waals surface area contributed by atoms with Gasteiger partial charge in [0, 0.05) is 40.2 Å². The number of rotatable bonds is 4. The number of carbonyl (C=O) groups excluding carboxylic acids is 1. The van der Waals surface area contributed by atoms with Crippen molar-refractivity contribution in [3.05, 3.63) is 0 Å². The Morgan fingerprint density at radius 3 is 2.38 bits per heavy atom. The van der Waals surface area contributed by atoms with Crippen LogP contribution in [0.5, 0.6) is 0 Å². The molecule has 2 fully saturated rings. The van der Waals surface area contributed by atoms with Crippen LogP contribution in [0.1, 0.15) is 39.0 Å². The molecule has 1 heterocycles. The zero-order valence-electron chi connectivity index (χ0n) is 13.8. The summed E-state index contributed by atoms with van der Waals surface area (Å²) in [4.78, 5) is 20.3. The highest BCUT2D eigenvalue weighted by atomic mass is 16.2. The molecular formula is C16H30N4O. The van der Waals surface area contributed by atoms with Gasteiger partial charge in [-0.15, -0.1) is 0 Å². The second kappa shape index (κ2) is 7.66. The van der Waals surface area contributed by atoms with Gasteiger partial charge in [-0.2, -0.15) is 0 Å². The van der Waals surface area contributed by atoms with E-state index in [9.17, 15) is 4.79 Å². The summed E-state index contributed by atoms with van der Waals surface area (Å²) in [6.45, 7) is 5.83. The van der Waals surface area contributed by atoms with E-state index in [1.807, 2.05) is 0 Å². The van der Waals surface area contributed by atoms with Crippen LogP contribution in [0.2, 0.25) is 0 Å². The molecule has 1 aliphatic carbocycles. The van der Waals surface area contributed by atoms with Gasteiger partial charge in [-0.3, -0.25) is 9.79 Å². The van der Waals surface area contributed by atoms with Gasteiger partial charge in [0.1, 0.15) is 0 Å². The smallest absolute Gasteiger partial charge is 0.223 e. The van der Waals surface area contributed by atoms with Crippen LogP contribution in [0.4, 0.5) is 0 Å². The average molecular weight is 294 g/mol. The van der Waals surface area contributed by atoms with Crippen molar-refractivity contribution >= 4 is 11.9 Å². The van der Waals surface area contributed by atoms with Crippen molar-refractivity contribution in [2.75, 3.05) is 40.3 Å². The number of guanidine groups is 1. The van der Waals surface area contributed by atoms with Crippen LogP contribution in [-0.4, -0.2) is 61.9 Å². The van der Waals surface area contributed by atoms with Gasteiger partial charge in [-0.1, -0.05) is 12.8 Å². The number of nitrogens with one attached hydrogen (secondary N) is 1. The number of fused-ring (bicyclic) bond motifs is 1. The van der Waals surface area contributed by atoms with Crippen LogP contribution in [0.3, 0.4) is 0 Å². The predicted molar refractivity (Wildman–Crippen MR) is 86.3 cm³/mol. The number of nitrogens with zero attached hydrogens (tertiary/aromatic N) is 3. The molecule has 2 atom stereocenters. The molecule has 2 rings (SSSR count). The van der Waals surface area contributed by atoms with Gasteiger partial charge in [-0.25, -0.2) is 0 Å². The van der Waals surface area contributed by atoms with E-state index < -0.39 is 0 Å². The fraction of sp³-hybridized carbons (Fsp3) is 0.875. The molecule has 5 nitrogen and oxygen atoms in total. The number of hydrogen-bond donors (Lipinski definition) is 1. The van der Waals surface area contributed by atoms with Crippen molar-refractivity contribution in [2.45, 2.75) is 39.0 Å². The van der Waals surface area contributed by atoms with Crippen molar-refractivity contribution in [1.82, 2.24) is 15.1 Å². The second-order valence-electron chi connectivity index (χ2n) is 6.48. The zero-order chi connectivity index (χ0) is 15.2. The maximum absolute atomic E-state index is 11.6. The number of aliphatic imine (C=N–C) groups is 1. The molecule has 2 unspecified atom stereocenters. The van der Waals surface area contributed by atoms with Gasteiger partial charge in [0.15, 0.2) is 5.96 Å². The molecular weight excluding hydrogens is 264 g/mol. The molecule has 0 aromatic rings. The lowest BCUT2D eigenvalue weighted by Crippen LogP contribution is -2.40. The number of amides is 1. The van der Waals surface area contributed by atoms with Crippen molar-refractivity contribution in [3.8, 4) is 0 Å². The molecule has 1 aliphatic heterocycles. The van der Waals surface area contributed by atoms with Crippen LogP contribution >= 0.6 is 0 Å². The molecule has 0 aromatic carbocycles. The first-order valence-corrected chi connectivity index (χ1v) is 8.35. The highest BCUT2D eigenvalue weighted by molar-refractivity contribution is 5.81. The zero-order valence-corrected chi connectivity index (χ0v) is 13.8. The summed E-state index contributed by atoms with van der Waals surface area (Å²) < 4.78 is 0. The Balaban J connectivity index is 1.90. The summed E-state index contributed by atoms with van der Waals surface area (Å²) in [5, 5.41) is 3.39. The third-order valence-electron chi connectivity index (χ3n) is 4.70. The lowest BCUT2D eigenvalue weighted by molar-refractivity contribution is -0.128. The molecule has 21 heavy (non-hydrogen) atoms. The number of hydrogen-bond acceptors (Lipinski definition) is 2. The number of likely N-dealkylation sites (tertiary alicyclic amines) is 1. The highest BCUT2D eigenvalue weighted by Gasteiger charge is 2.35. The van der Waals surface area contributed by atoms with Crippen molar-refractivity contribution in [3.63, 3.8) is 0 Å². The van der Waals surface area contributed by atoms with Crippen molar-refractivity contribution in [2.24, 2.45) is 16.8 Å². The lowest BCUT2D eigenvalue weighted by Gasteiger charge is -2.22. The van der Waals surface area contributed by atoms with Gasteiger partial charge in [0.2, 0.25) is 5.91 Å². The Kier molecular flexibility index (Phi) is 5.88. The molecule has 0 aromatic heterocycles. The summed E-state index contributed by atoms with van der Waals surface area (Å²) in [6, 6.07) is 0. The molecule has 1 saturated carbocycles. The fourth-order valence-electron chi connectivity index (χ4n) is 3.49. The van der Waals surface area contributed by atoms with Gasteiger partial charge < -0.3 is 15.1 Å². The molecule has 0 radical (unpaired) electrons. The van der Waals surface area contributed by atoms with Crippen LogP contribution in [0, 0.1) is 11.8 Å². The third-order valence-corrected chi connectivity index (χ3v) is 4.70. The van der Waals surface area contributed by atoms with E-state index in [4.69, 9.17) is 0 Å². The first kappa shape index (κ1) is 16.1. The molecule has 0 bridgehead atoms. The maximum Gasteiger partial charge on any atom is 0.223 e. The van der Waals surface area contributed by atoms with Crippen LogP contribution in [0.15, 0.2) is 4.99 Å². The molecule has 1 saturated heterocycles. The summed E-state index contributed by atoms with van der Waals surface area (Å²) >= 11 is 0. The van der Waals surface area contributed by atoms with E-state index in [2.05, 4.69) is 22.1 Å². The first-order chi connectivity index (χ1) is 10.1. The van der Waals surface area contributed by atoms with Gasteiger partial charge in [0.25, 0.3) is 0 Å². The van der Waals surface area contributed by atoms with E-state index in [0.717, 1.165) is 37.4 Å². The Labute approximate surface area is 128 Å². The lowest BCUT2D eigenvalue weighted by atomic mass is 9.82. The first-order valence-electron chi connectivity index (χ1n) is 8.35. The minimum absolute atomic E-state index is 0.143. The van der Waals surface area contributed by atoms with E-state index in [-0.39, 0.29) is 5.91 Å². The number of carbonyl (C=O) groups is 1. The normalized spacial score (nSPS) is 25.7. The van der Waals surface area contributed by atoms with Crippen molar-refractivity contribution < 1.29 is 4.79 Å². The van der Waals surface area contributed by atoms with E-state index >= 15 is 0 Å². The quantitative estimate of drug-likeness (QED) is 0.632. The monoisotopic (exact) mass is 294 g/mol. The summed E-state index contributed by atoms with van der Waals surface area (Å²) in [5.74, 6) is 2.85. The standard InChI is InChI=1S/C16H30N4O/c1-4-17-16(18-10-9-15(21)19(2)3)20-11-13-7-5-6-8-14(13)12-20/h13-14H,4-12H2,1-3H3,(H,17,18). The second-order valence-corrected chi connectivity index (χ2v) is 6.48. The van der Waals surface area contributed by atoms with E-state index in [1.54, 1.807) is 19.0 Å². The third kappa shape index (κ3) is 4.35. The topological polar surface area (TPSA) is 47.9 Å². The Hall–Kier alpha value is -1.26. The molecule has 1 amide bonds. The fourth-order valence-corrected chi connectivity index (χ4v) is 3.49. The minimum atomic E-state index is 0.143. The average Bonchev–Trinajstić information content (AvgIpc) is 2.89. The largest absolute Gasteiger partial charge is 0.357 e. The van der Waals surface area contributed by atoms with Gasteiger partial charge in [0.05, 0.1) is 6.54 Å². The molecule has 5 heteroatoms. The van der Waals surface area contributed by atoms with Gasteiger partial charge >= 0.3 is 0 Å². The Bertz CT molecular complexity index is 366. The van der Waals surface area contributed by atoms with Crippen LogP contribution in [0.25, 0.3) is 0 Å².